The van der Waals surface area contributed by atoms with Crippen molar-refractivity contribution in [2.75, 3.05) is 7.11 Å². The molecule has 0 fully saturated rings. The van der Waals surface area contributed by atoms with E-state index in [1.807, 2.05) is 25.1 Å². The van der Waals surface area contributed by atoms with Gasteiger partial charge >= 0.3 is 5.97 Å². The number of methoxy groups -OCH3 is 1. The average molecular weight is 444 g/mol. The van der Waals surface area contributed by atoms with Gasteiger partial charge in [-0.25, -0.2) is 9.79 Å². The zero-order valence-corrected chi connectivity index (χ0v) is 18.0. The zero-order chi connectivity index (χ0) is 23.4. The van der Waals surface area contributed by atoms with Gasteiger partial charge in [-0.05, 0) is 48.4 Å². The van der Waals surface area contributed by atoms with Gasteiger partial charge in [-0.3, -0.25) is 10.1 Å². The van der Waals surface area contributed by atoms with Gasteiger partial charge in [-0.15, -0.1) is 0 Å². The number of hydrogen-bond acceptors (Lipinski definition) is 7. The summed E-state index contributed by atoms with van der Waals surface area (Å²) in [6.45, 7) is 2.42. The number of non-ortho nitro benzene ring substituents is 1. The average Bonchev–Trinajstić information content (AvgIpc) is 3.18. The summed E-state index contributed by atoms with van der Waals surface area (Å²) in [5.41, 5.74) is 3.40. The quantitative estimate of drug-likeness (QED) is 0.224. The van der Waals surface area contributed by atoms with Crippen LogP contribution in [0.4, 0.5) is 5.69 Å². The van der Waals surface area contributed by atoms with Crippen LogP contribution in [0.1, 0.15) is 22.3 Å². The number of carbonyl (C=O) groups excluding carboxylic acids is 1. The number of ether oxygens (including phenoxy) is 3. The summed E-state index contributed by atoms with van der Waals surface area (Å²) in [6.07, 6.45) is 1.58. The molecule has 0 aromatic heterocycles. The molecule has 0 bridgehead atoms. The Balaban J connectivity index is 1.53. The molecular formula is C25H20N2O6. The monoisotopic (exact) mass is 444 g/mol. The number of aliphatic imine (C=N–C) groups is 1. The molecule has 33 heavy (non-hydrogen) atoms. The van der Waals surface area contributed by atoms with Crippen LogP contribution in [0.3, 0.4) is 0 Å². The second-order valence-electron chi connectivity index (χ2n) is 7.33. The Hall–Kier alpha value is -4.46. The van der Waals surface area contributed by atoms with Crippen molar-refractivity contribution in [3.63, 3.8) is 0 Å². The molecule has 166 valence electrons. The van der Waals surface area contributed by atoms with Crippen LogP contribution in [0.25, 0.3) is 6.08 Å². The topological polar surface area (TPSA) is 100 Å². The van der Waals surface area contributed by atoms with E-state index in [2.05, 4.69) is 11.1 Å². The van der Waals surface area contributed by atoms with Crippen LogP contribution in [0.15, 0.2) is 77.4 Å². The molecule has 0 spiro atoms. The molecule has 0 atom stereocenters. The molecule has 8 heteroatoms. The Morgan fingerprint density at radius 2 is 1.85 bits per heavy atom. The van der Waals surface area contributed by atoms with Gasteiger partial charge in [0.15, 0.2) is 17.2 Å². The first-order chi connectivity index (χ1) is 15.9. The Bertz CT molecular complexity index is 1280. The molecule has 8 nitrogen and oxygen atoms in total. The van der Waals surface area contributed by atoms with Crippen molar-refractivity contribution in [3.8, 4) is 11.5 Å². The normalized spacial score (nSPS) is 14.1. The Morgan fingerprint density at radius 3 is 2.55 bits per heavy atom. The van der Waals surface area contributed by atoms with Gasteiger partial charge in [-0.1, -0.05) is 35.9 Å². The molecular weight excluding hydrogens is 424 g/mol. The van der Waals surface area contributed by atoms with Crippen molar-refractivity contribution in [2.24, 2.45) is 4.99 Å². The summed E-state index contributed by atoms with van der Waals surface area (Å²) < 4.78 is 16.6. The number of cyclic esters (lactones) is 1. The molecule has 0 N–H and O–H groups in total. The van der Waals surface area contributed by atoms with E-state index < -0.39 is 10.9 Å². The van der Waals surface area contributed by atoms with Crippen LogP contribution in [0, 0.1) is 17.0 Å². The highest BCUT2D eigenvalue weighted by Crippen LogP contribution is 2.30. The number of hydrogen-bond donors (Lipinski definition) is 0. The maximum Gasteiger partial charge on any atom is 0.363 e. The molecule has 0 aliphatic carbocycles. The number of carbonyl (C=O) groups is 1. The summed E-state index contributed by atoms with van der Waals surface area (Å²) in [6, 6.07) is 19.0. The van der Waals surface area contributed by atoms with E-state index in [1.54, 1.807) is 31.4 Å². The van der Waals surface area contributed by atoms with E-state index >= 15 is 0 Å². The minimum absolute atomic E-state index is 0.0590. The summed E-state index contributed by atoms with van der Waals surface area (Å²) >= 11 is 0. The molecule has 1 heterocycles. The third-order valence-electron chi connectivity index (χ3n) is 4.91. The molecule has 4 rings (SSSR count). The van der Waals surface area contributed by atoms with Crippen LogP contribution in [-0.4, -0.2) is 23.9 Å². The lowest BCUT2D eigenvalue weighted by molar-refractivity contribution is -0.384. The molecule has 3 aromatic carbocycles. The number of nitro benzene ring substituents is 1. The molecule has 0 radical (unpaired) electrons. The standard InChI is InChI=1S/C25H20N2O6/c1-16-4-3-5-18(12-16)15-32-22-11-6-17(14-23(22)31-2)13-21-25(28)33-24(26-21)19-7-9-20(10-8-19)27(29)30/h3-14H,15H2,1-2H3/b21-13-. The van der Waals surface area contributed by atoms with E-state index in [0.29, 0.717) is 29.2 Å². The van der Waals surface area contributed by atoms with Crippen molar-refractivity contribution in [2.45, 2.75) is 13.5 Å². The Morgan fingerprint density at radius 1 is 1.06 bits per heavy atom. The number of nitro groups is 1. The van der Waals surface area contributed by atoms with Crippen molar-refractivity contribution in [1.82, 2.24) is 0 Å². The van der Waals surface area contributed by atoms with Gasteiger partial charge in [0.2, 0.25) is 5.90 Å². The summed E-state index contributed by atoms with van der Waals surface area (Å²) in [5.74, 6) is 0.571. The molecule has 0 amide bonds. The highest BCUT2D eigenvalue weighted by Gasteiger charge is 2.24. The van der Waals surface area contributed by atoms with Gasteiger partial charge in [0.1, 0.15) is 6.61 Å². The van der Waals surface area contributed by atoms with Crippen LogP contribution in [0.5, 0.6) is 11.5 Å². The number of nitrogens with zero attached hydrogens (tertiary/aromatic N) is 2. The molecule has 0 saturated carbocycles. The zero-order valence-electron chi connectivity index (χ0n) is 18.0. The third kappa shape index (κ3) is 5.07. The Kier molecular flexibility index (Phi) is 6.17. The fourth-order valence-corrected chi connectivity index (χ4v) is 3.27. The van der Waals surface area contributed by atoms with Gasteiger partial charge in [0, 0.05) is 17.7 Å². The van der Waals surface area contributed by atoms with E-state index in [-0.39, 0.29) is 17.3 Å². The van der Waals surface area contributed by atoms with Crippen LogP contribution in [-0.2, 0) is 16.1 Å². The van der Waals surface area contributed by atoms with Crippen molar-refractivity contribution < 1.29 is 23.9 Å². The number of rotatable bonds is 7. The first kappa shape index (κ1) is 21.8. The fraction of sp³-hybridized carbons (Fsp3) is 0.120. The number of esters is 1. The largest absolute Gasteiger partial charge is 0.493 e. The van der Waals surface area contributed by atoms with Crippen LogP contribution >= 0.6 is 0 Å². The van der Waals surface area contributed by atoms with Gasteiger partial charge in [-0.2, -0.15) is 0 Å². The predicted molar refractivity (Wildman–Crippen MR) is 122 cm³/mol. The maximum absolute atomic E-state index is 12.3. The van der Waals surface area contributed by atoms with E-state index in [1.165, 1.54) is 24.3 Å². The van der Waals surface area contributed by atoms with Crippen molar-refractivity contribution in [3.05, 3.63) is 105 Å². The molecule has 1 aliphatic heterocycles. The fourth-order valence-electron chi connectivity index (χ4n) is 3.27. The number of aryl methyl sites for hydroxylation is 1. The molecule has 0 unspecified atom stereocenters. The second-order valence-corrected chi connectivity index (χ2v) is 7.33. The second kappa shape index (κ2) is 9.35. The van der Waals surface area contributed by atoms with Gasteiger partial charge < -0.3 is 14.2 Å². The predicted octanol–water partition coefficient (Wildman–Crippen LogP) is 4.84. The minimum atomic E-state index is -0.609. The van der Waals surface area contributed by atoms with Crippen LogP contribution in [0.2, 0.25) is 0 Å². The lowest BCUT2D eigenvalue weighted by Crippen LogP contribution is -2.05. The summed E-state index contributed by atoms with van der Waals surface area (Å²) in [4.78, 5) is 26.8. The van der Waals surface area contributed by atoms with E-state index in [9.17, 15) is 14.9 Å². The first-order valence-electron chi connectivity index (χ1n) is 10.1. The van der Waals surface area contributed by atoms with E-state index in [0.717, 1.165) is 11.1 Å². The molecule has 1 aliphatic rings. The van der Waals surface area contributed by atoms with Crippen molar-refractivity contribution >= 4 is 23.6 Å². The smallest absolute Gasteiger partial charge is 0.363 e. The van der Waals surface area contributed by atoms with Gasteiger partial charge in [0.25, 0.3) is 5.69 Å². The van der Waals surface area contributed by atoms with Crippen molar-refractivity contribution in [1.29, 1.82) is 0 Å². The number of benzene rings is 3. The Labute approximate surface area is 189 Å². The SMILES string of the molecule is COc1cc(/C=C2\N=C(c3ccc([N+](=O)[O-])cc3)OC2=O)ccc1OCc1cccc(C)c1. The summed E-state index contributed by atoms with van der Waals surface area (Å²) in [7, 11) is 1.54. The van der Waals surface area contributed by atoms with Gasteiger partial charge in [0.05, 0.1) is 12.0 Å². The minimum Gasteiger partial charge on any atom is -0.493 e. The summed E-state index contributed by atoms with van der Waals surface area (Å²) in [5, 5.41) is 10.8. The lowest BCUT2D eigenvalue weighted by atomic mass is 10.1. The lowest BCUT2D eigenvalue weighted by Gasteiger charge is -2.12. The highest BCUT2D eigenvalue weighted by molar-refractivity contribution is 6.12. The molecule has 0 saturated heterocycles. The van der Waals surface area contributed by atoms with E-state index in [4.69, 9.17) is 14.2 Å². The third-order valence-corrected chi connectivity index (χ3v) is 4.91. The highest BCUT2D eigenvalue weighted by atomic mass is 16.6. The first-order valence-corrected chi connectivity index (χ1v) is 10.1. The molecule has 3 aromatic rings. The maximum atomic E-state index is 12.3. The van der Waals surface area contributed by atoms with Crippen LogP contribution < -0.4 is 9.47 Å².